The monoisotopic (exact) mass is 375 g/mol. The van der Waals surface area contributed by atoms with Gasteiger partial charge in [-0.15, -0.1) is 0 Å². The average Bonchev–Trinajstić information content (AvgIpc) is 2.75. The van der Waals surface area contributed by atoms with Gasteiger partial charge in [-0.2, -0.15) is 0 Å². The molecule has 0 aliphatic rings. The number of carbonyl (C=O) groups is 1. The Morgan fingerprint density at radius 1 is 0.786 bits per heavy atom. The zero-order chi connectivity index (χ0) is 19.6. The lowest BCUT2D eigenvalue weighted by Gasteiger charge is -2.13. The van der Waals surface area contributed by atoms with E-state index in [2.05, 4.69) is 12.2 Å². The van der Waals surface area contributed by atoms with Gasteiger partial charge in [-0.3, -0.25) is 4.79 Å². The van der Waals surface area contributed by atoms with Crippen molar-refractivity contribution in [2.75, 3.05) is 11.9 Å². The molecule has 3 nitrogen and oxygen atoms in total. The Morgan fingerprint density at radius 3 is 2.25 bits per heavy atom. The first-order valence-corrected chi connectivity index (χ1v) is 10.3. The highest BCUT2D eigenvalue weighted by Crippen LogP contribution is 2.32. The van der Waals surface area contributed by atoms with E-state index in [1.54, 1.807) is 0 Å². The van der Waals surface area contributed by atoms with Crippen LogP contribution in [0.25, 0.3) is 10.8 Å². The maximum absolute atomic E-state index is 12.5. The Morgan fingerprint density at radius 2 is 1.46 bits per heavy atom. The second-order valence-corrected chi connectivity index (χ2v) is 7.09. The van der Waals surface area contributed by atoms with Gasteiger partial charge in [0.25, 0.3) is 5.91 Å². The summed E-state index contributed by atoms with van der Waals surface area (Å²) in [6.45, 7) is 2.96. The van der Waals surface area contributed by atoms with E-state index < -0.39 is 0 Å². The van der Waals surface area contributed by atoms with Crippen molar-refractivity contribution in [1.29, 1.82) is 0 Å². The van der Waals surface area contributed by atoms with Gasteiger partial charge in [-0.05, 0) is 30.7 Å². The van der Waals surface area contributed by atoms with Gasteiger partial charge in [-0.25, -0.2) is 0 Å². The molecule has 3 rings (SSSR count). The molecule has 146 valence electrons. The Balaban J connectivity index is 1.66. The van der Waals surface area contributed by atoms with Crippen molar-refractivity contribution in [3.05, 3.63) is 72.3 Å². The predicted molar refractivity (Wildman–Crippen MR) is 117 cm³/mol. The van der Waals surface area contributed by atoms with E-state index in [0.717, 1.165) is 35.2 Å². The summed E-state index contributed by atoms with van der Waals surface area (Å²) >= 11 is 0. The average molecular weight is 376 g/mol. The van der Waals surface area contributed by atoms with Crippen LogP contribution in [0.5, 0.6) is 5.75 Å². The smallest absolute Gasteiger partial charge is 0.255 e. The molecule has 1 N–H and O–H groups in total. The highest BCUT2D eigenvalue weighted by atomic mass is 16.5. The number of rotatable bonds is 10. The van der Waals surface area contributed by atoms with Crippen LogP contribution in [0.15, 0.2) is 66.7 Å². The lowest BCUT2D eigenvalue weighted by molar-refractivity contribution is 0.102. The summed E-state index contributed by atoms with van der Waals surface area (Å²) in [5.41, 5.74) is 1.45. The van der Waals surface area contributed by atoms with Gasteiger partial charge in [0.1, 0.15) is 5.75 Å². The molecule has 0 unspecified atom stereocenters. The molecule has 28 heavy (non-hydrogen) atoms. The summed E-state index contributed by atoms with van der Waals surface area (Å²) < 4.78 is 6.06. The Kier molecular flexibility index (Phi) is 7.48. The number of fused-ring (bicyclic) bond motifs is 1. The number of nitrogens with one attached hydrogen (secondary N) is 1. The zero-order valence-corrected chi connectivity index (χ0v) is 16.6. The normalized spacial score (nSPS) is 10.8. The Hall–Kier alpha value is -2.81. The second-order valence-electron chi connectivity index (χ2n) is 7.09. The third-order valence-electron chi connectivity index (χ3n) is 4.92. The van der Waals surface area contributed by atoms with E-state index in [-0.39, 0.29) is 5.91 Å². The minimum atomic E-state index is -0.105. The molecule has 3 aromatic rings. The molecule has 0 aromatic heterocycles. The summed E-state index contributed by atoms with van der Waals surface area (Å²) in [6.07, 6.45) is 7.47. The first kappa shape index (κ1) is 19.9. The van der Waals surface area contributed by atoms with Crippen LogP contribution in [-0.4, -0.2) is 12.5 Å². The van der Waals surface area contributed by atoms with Crippen LogP contribution in [0.1, 0.15) is 55.8 Å². The van der Waals surface area contributed by atoms with E-state index in [1.165, 1.54) is 32.1 Å². The van der Waals surface area contributed by atoms with Crippen molar-refractivity contribution in [2.45, 2.75) is 45.4 Å². The number of anilines is 1. The number of hydrogen-bond acceptors (Lipinski definition) is 2. The van der Waals surface area contributed by atoms with Gasteiger partial charge in [0.05, 0.1) is 6.61 Å². The van der Waals surface area contributed by atoms with Crippen molar-refractivity contribution in [1.82, 2.24) is 0 Å². The summed E-state index contributed by atoms with van der Waals surface area (Å²) in [6, 6.07) is 21.2. The highest BCUT2D eigenvalue weighted by molar-refractivity contribution is 6.10. The minimum Gasteiger partial charge on any atom is -0.493 e. The van der Waals surface area contributed by atoms with Crippen molar-refractivity contribution in [3.63, 3.8) is 0 Å². The van der Waals surface area contributed by atoms with Gasteiger partial charge < -0.3 is 10.1 Å². The molecule has 0 saturated carbocycles. The Bertz CT molecular complexity index is 889. The number of unbranched alkanes of at least 4 members (excludes halogenated alkanes) is 5. The number of hydrogen-bond donors (Lipinski definition) is 1. The fourth-order valence-corrected chi connectivity index (χ4v) is 3.35. The highest BCUT2D eigenvalue weighted by Gasteiger charge is 2.10. The van der Waals surface area contributed by atoms with Crippen molar-refractivity contribution in [3.8, 4) is 5.75 Å². The molecule has 3 heteroatoms. The second kappa shape index (κ2) is 10.5. The minimum absolute atomic E-state index is 0.105. The number of carbonyl (C=O) groups excluding carboxylic acids is 1. The summed E-state index contributed by atoms with van der Waals surface area (Å²) in [4.78, 5) is 12.5. The van der Waals surface area contributed by atoms with Gasteiger partial charge in [0.2, 0.25) is 0 Å². The fourth-order valence-electron chi connectivity index (χ4n) is 3.35. The van der Waals surface area contributed by atoms with E-state index in [9.17, 15) is 4.79 Å². The summed E-state index contributed by atoms with van der Waals surface area (Å²) in [5, 5.41) is 5.05. The zero-order valence-electron chi connectivity index (χ0n) is 16.6. The molecule has 0 aliphatic heterocycles. The first-order chi connectivity index (χ1) is 13.8. The van der Waals surface area contributed by atoms with Gasteiger partial charge >= 0.3 is 0 Å². The van der Waals surface area contributed by atoms with Crippen molar-refractivity contribution in [2.24, 2.45) is 0 Å². The fraction of sp³-hybridized carbons (Fsp3) is 0.320. The number of ether oxygens (including phenoxy) is 1. The summed E-state index contributed by atoms with van der Waals surface area (Å²) in [7, 11) is 0. The third kappa shape index (κ3) is 5.35. The standard InChI is InChI=1S/C25H29NO2/c1-2-3-4-5-6-12-19-28-24-18-17-23(21-15-10-11-16-22(21)24)26-25(27)20-13-8-7-9-14-20/h7-11,13-18H,2-6,12,19H2,1H3,(H,26,27). The molecule has 0 heterocycles. The van der Waals surface area contributed by atoms with Crippen LogP contribution in [0.2, 0.25) is 0 Å². The van der Waals surface area contributed by atoms with Crippen LogP contribution in [0.3, 0.4) is 0 Å². The van der Waals surface area contributed by atoms with E-state index in [0.29, 0.717) is 5.56 Å². The molecule has 0 spiro atoms. The number of benzene rings is 3. The molecular formula is C25H29NO2. The third-order valence-corrected chi connectivity index (χ3v) is 4.92. The molecule has 1 amide bonds. The molecule has 0 saturated heterocycles. The SMILES string of the molecule is CCCCCCCCOc1ccc(NC(=O)c2ccccc2)c2ccccc12. The maximum Gasteiger partial charge on any atom is 0.255 e. The van der Waals surface area contributed by atoms with Crippen LogP contribution in [-0.2, 0) is 0 Å². The van der Waals surface area contributed by atoms with Crippen molar-refractivity contribution < 1.29 is 9.53 Å². The topological polar surface area (TPSA) is 38.3 Å². The number of amides is 1. The molecular weight excluding hydrogens is 346 g/mol. The van der Waals surface area contributed by atoms with Crippen molar-refractivity contribution >= 4 is 22.4 Å². The quantitative estimate of drug-likeness (QED) is 0.394. The van der Waals surface area contributed by atoms with Crippen LogP contribution in [0.4, 0.5) is 5.69 Å². The lowest BCUT2D eigenvalue weighted by Crippen LogP contribution is -2.12. The maximum atomic E-state index is 12.5. The largest absolute Gasteiger partial charge is 0.493 e. The molecule has 0 atom stereocenters. The van der Waals surface area contributed by atoms with Gasteiger partial charge in [0.15, 0.2) is 0 Å². The summed E-state index contributed by atoms with van der Waals surface area (Å²) in [5.74, 6) is 0.772. The molecule has 0 radical (unpaired) electrons. The lowest BCUT2D eigenvalue weighted by atomic mass is 10.1. The van der Waals surface area contributed by atoms with E-state index in [4.69, 9.17) is 4.74 Å². The predicted octanol–water partition coefficient (Wildman–Crippen LogP) is 6.83. The Labute approximate surface area is 167 Å². The first-order valence-electron chi connectivity index (χ1n) is 10.3. The van der Waals surface area contributed by atoms with Crippen LogP contribution >= 0.6 is 0 Å². The van der Waals surface area contributed by atoms with Gasteiger partial charge in [-0.1, -0.05) is 81.5 Å². The molecule has 0 aliphatic carbocycles. The molecule has 0 fully saturated rings. The van der Waals surface area contributed by atoms with E-state index >= 15 is 0 Å². The van der Waals surface area contributed by atoms with Crippen LogP contribution < -0.4 is 10.1 Å². The van der Waals surface area contributed by atoms with Gasteiger partial charge in [0, 0.05) is 22.0 Å². The van der Waals surface area contributed by atoms with E-state index in [1.807, 2.05) is 66.7 Å². The molecule has 0 bridgehead atoms. The van der Waals surface area contributed by atoms with Crippen LogP contribution in [0, 0.1) is 0 Å². The molecule has 3 aromatic carbocycles.